The summed E-state index contributed by atoms with van der Waals surface area (Å²) in [5, 5.41) is 11.8. The minimum Gasteiger partial charge on any atom is -0.493 e. The summed E-state index contributed by atoms with van der Waals surface area (Å²) < 4.78 is 10.9. The first-order chi connectivity index (χ1) is 13.0. The Morgan fingerprint density at radius 3 is 2.59 bits per heavy atom. The Morgan fingerprint density at radius 2 is 1.89 bits per heavy atom. The molecule has 1 saturated heterocycles. The molecule has 1 fully saturated rings. The summed E-state index contributed by atoms with van der Waals surface area (Å²) in [5.74, 6) is 0.732. The molecule has 0 aromatic heterocycles. The summed E-state index contributed by atoms with van der Waals surface area (Å²) in [5.41, 5.74) is -0.226. The standard InChI is InChI=1S/C20H19N3O4/c1-20(15-7-5-6-14(12-15)13-21)18(24)23(19(25)22-20)10-11-27-17-9-4-3-8-16(17)26-2/h3-9,12H,10-11H2,1-2H3,(H,22,25)/t20-/m0/s1. The summed E-state index contributed by atoms with van der Waals surface area (Å²) in [7, 11) is 1.54. The molecule has 1 aliphatic rings. The molecular weight excluding hydrogens is 346 g/mol. The van der Waals surface area contributed by atoms with Crippen molar-refractivity contribution in [2.24, 2.45) is 0 Å². The molecule has 0 aliphatic carbocycles. The van der Waals surface area contributed by atoms with E-state index in [9.17, 15) is 9.59 Å². The zero-order chi connectivity index (χ0) is 19.4. The third-order valence-electron chi connectivity index (χ3n) is 4.49. The third-order valence-corrected chi connectivity index (χ3v) is 4.49. The van der Waals surface area contributed by atoms with Crippen LogP contribution in [-0.2, 0) is 10.3 Å². The predicted octanol–water partition coefficient (Wildman–Crippen LogP) is 2.41. The van der Waals surface area contributed by atoms with Crippen LogP contribution in [0.2, 0.25) is 0 Å². The number of para-hydroxylation sites is 2. The highest BCUT2D eigenvalue weighted by Gasteiger charge is 2.48. The molecule has 1 heterocycles. The first-order valence-electron chi connectivity index (χ1n) is 8.40. The second-order valence-electron chi connectivity index (χ2n) is 6.20. The van der Waals surface area contributed by atoms with Gasteiger partial charge in [-0.2, -0.15) is 5.26 Å². The maximum atomic E-state index is 12.9. The SMILES string of the molecule is COc1ccccc1OCCN1C(=O)N[C@@](C)(c2cccc(C#N)c2)C1=O. The van der Waals surface area contributed by atoms with Gasteiger partial charge in [0.15, 0.2) is 11.5 Å². The maximum absolute atomic E-state index is 12.9. The Kier molecular flexibility index (Phi) is 4.99. The average Bonchev–Trinajstić information content (AvgIpc) is 2.92. The van der Waals surface area contributed by atoms with E-state index in [1.165, 1.54) is 0 Å². The van der Waals surface area contributed by atoms with Gasteiger partial charge < -0.3 is 14.8 Å². The van der Waals surface area contributed by atoms with E-state index in [0.29, 0.717) is 22.6 Å². The second kappa shape index (κ2) is 7.38. The monoisotopic (exact) mass is 365 g/mol. The summed E-state index contributed by atoms with van der Waals surface area (Å²) >= 11 is 0. The Hall–Kier alpha value is -3.53. The fourth-order valence-electron chi connectivity index (χ4n) is 2.98. The third kappa shape index (κ3) is 3.42. The number of carbonyl (C=O) groups excluding carboxylic acids is 2. The van der Waals surface area contributed by atoms with Crippen molar-refractivity contribution in [1.82, 2.24) is 10.2 Å². The lowest BCUT2D eigenvalue weighted by atomic mass is 9.91. The number of rotatable bonds is 6. The largest absolute Gasteiger partial charge is 0.493 e. The van der Waals surface area contributed by atoms with E-state index < -0.39 is 11.6 Å². The normalized spacial score (nSPS) is 18.8. The molecule has 2 aromatic carbocycles. The van der Waals surface area contributed by atoms with Gasteiger partial charge in [-0.25, -0.2) is 4.79 Å². The van der Waals surface area contributed by atoms with Crippen LogP contribution in [0.15, 0.2) is 48.5 Å². The molecule has 0 bridgehead atoms. The first kappa shape index (κ1) is 18.3. The molecule has 3 amide bonds. The van der Waals surface area contributed by atoms with Crippen LogP contribution in [0.4, 0.5) is 4.79 Å². The molecule has 1 aliphatic heterocycles. The van der Waals surface area contributed by atoms with Crippen LogP contribution >= 0.6 is 0 Å². The first-order valence-corrected chi connectivity index (χ1v) is 8.40. The Labute approximate surface area is 157 Å². The second-order valence-corrected chi connectivity index (χ2v) is 6.20. The van der Waals surface area contributed by atoms with Crippen molar-refractivity contribution in [3.63, 3.8) is 0 Å². The molecule has 0 unspecified atom stereocenters. The van der Waals surface area contributed by atoms with E-state index in [4.69, 9.17) is 14.7 Å². The predicted molar refractivity (Wildman–Crippen MR) is 97.2 cm³/mol. The minimum atomic E-state index is -1.21. The van der Waals surface area contributed by atoms with Crippen molar-refractivity contribution >= 4 is 11.9 Å². The molecule has 2 aromatic rings. The average molecular weight is 365 g/mol. The lowest BCUT2D eigenvalue weighted by molar-refractivity contribution is -0.131. The van der Waals surface area contributed by atoms with Gasteiger partial charge in [-0.3, -0.25) is 9.69 Å². The molecule has 0 radical (unpaired) electrons. The minimum absolute atomic E-state index is 0.0935. The van der Waals surface area contributed by atoms with Crippen molar-refractivity contribution in [2.45, 2.75) is 12.5 Å². The Balaban J connectivity index is 1.71. The van der Waals surface area contributed by atoms with Crippen molar-refractivity contribution in [2.75, 3.05) is 20.3 Å². The fourth-order valence-corrected chi connectivity index (χ4v) is 2.98. The summed E-state index contributed by atoms with van der Waals surface area (Å²) in [6.07, 6.45) is 0. The van der Waals surface area contributed by atoms with Crippen LogP contribution in [0.5, 0.6) is 11.5 Å². The number of hydrogen-bond donors (Lipinski definition) is 1. The van der Waals surface area contributed by atoms with Gasteiger partial charge in [-0.15, -0.1) is 0 Å². The van der Waals surface area contributed by atoms with Crippen LogP contribution in [0.25, 0.3) is 0 Å². The topological polar surface area (TPSA) is 91.7 Å². The summed E-state index contributed by atoms with van der Waals surface area (Å²) in [6, 6.07) is 15.4. The Morgan fingerprint density at radius 1 is 1.15 bits per heavy atom. The van der Waals surface area contributed by atoms with Crippen LogP contribution in [0, 0.1) is 11.3 Å². The number of hydrogen-bond acceptors (Lipinski definition) is 5. The highest BCUT2D eigenvalue weighted by molar-refractivity contribution is 6.07. The van der Waals surface area contributed by atoms with Gasteiger partial charge >= 0.3 is 6.03 Å². The number of urea groups is 1. The molecular formula is C20H19N3O4. The number of ether oxygens (including phenoxy) is 2. The number of methoxy groups -OCH3 is 1. The molecule has 7 heteroatoms. The van der Waals surface area contributed by atoms with E-state index in [1.54, 1.807) is 50.4 Å². The zero-order valence-corrected chi connectivity index (χ0v) is 15.1. The number of nitrogens with zero attached hydrogens (tertiary/aromatic N) is 2. The molecule has 1 N–H and O–H groups in total. The van der Waals surface area contributed by atoms with Gasteiger partial charge in [-0.1, -0.05) is 24.3 Å². The van der Waals surface area contributed by atoms with Gasteiger partial charge in [0.05, 0.1) is 25.3 Å². The lowest BCUT2D eigenvalue weighted by Gasteiger charge is -2.22. The van der Waals surface area contributed by atoms with E-state index in [2.05, 4.69) is 5.32 Å². The van der Waals surface area contributed by atoms with E-state index >= 15 is 0 Å². The van der Waals surface area contributed by atoms with Gasteiger partial charge in [0.2, 0.25) is 0 Å². The molecule has 3 rings (SSSR count). The fraction of sp³-hybridized carbons (Fsp3) is 0.250. The Bertz CT molecular complexity index is 921. The van der Waals surface area contributed by atoms with Crippen LogP contribution in [-0.4, -0.2) is 37.1 Å². The number of amides is 3. The zero-order valence-electron chi connectivity index (χ0n) is 15.1. The van der Waals surface area contributed by atoms with Crippen LogP contribution < -0.4 is 14.8 Å². The van der Waals surface area contributed by atoms with E-state index in [0.717, 1.165) is 4.90 Å². The van der Waals surface area contributed by atoms with Crippen molar-refractivity contribution in [1.29, 1.82) is 5.26 Å². The molecule has 138 valence electrons. The van der Waals surface area contributed by atoms with Gasteiger partial charge in [0.1, 0.15) is 12.1 Å². The lowest BCUT2D eigenvalue weighted by Crippen LogP contribution is -2.41. The van der Waals surface area contributed by atoms with Crippen molar-refractivity contribution in [3.8, 4) is 17.6 Å². The highest BCUT2D eigenvalue weighted by Crippen LogP contribution is 2.30. The van der Waals surface area contributed by atoms with Crippen molar-refractivity contribution in [3.05, 3.63) is 59.7 Å². The molecule has 7 nitrogen and oxygen atoms in total. The number of nitrogens with one attached hydrogen (secondary N) is 1. The number of nitriles is 1. The number of benzene rings is 2. The quantitative estimate of drug-likeness (QED) is 0.794. The molecule has 0 spiro atoms. The van der Waals surface area contributed by atoms with Gasteiger partial charge in [0, 0.05) is 0 Å². The molecule has 27 heavy (non-hydrogen) atoms. The van der Waals surface area contributed by atoms with Gasteiger partial charge in [-0.05, 0) is 36.8 Å². The summed E-state index contributed by atoms with van der Waals surface area (Å²) in [6.45, 7) is 1.86. The number of carbonyl (C=O) groups is 2. The van der Waals surface area contributed by atoms with E-state index in [-0.39, 0.29) is 19.1 Å². The number of imide groups is 1. The molecule has 0 saturated carbocycles. The maximum Gasteiger partial charge on any atom is 0.325 e. The molecule has 1 atom stereocenters. The van der Waals surface area contributed by atoms with E-state index in [1.807, 2.05) is 18.2 Å². The van der Waals surface area contributed by atoms with Gasteiger partial charge in [0.25, 0.3) is 5.91 Å². The highest BCUT2D eigenvalue weighted by atomic mass is 16.5. The smallest absolute Gasteiger partial charge is 0.325 e. The summed E-state index contributed by atoms with van der Waals surface area (Å²) in [4.78, 5) is 26.3. The van der Waals surface area contributed by atoms with Crippen LogP contribution in [0.1, 0.15) is 18.1 Å². The van der Waals surface area contributed by atoms with Crippen LogP contribution in [0.3, 0.4) is 0 Å². The van der Waals surface area contributed by atoms with Crippen molar-refractivity contribution < 1.29 is 19.1 Å².